The molecule has 0 spiro atoms. The molecule has 1 amide bonds. The summed E-state index contributed by atoms with van der Waals surface area (Å²) in [5.74, 6) is 1.30. The predicted molar refractivity (Wildman–Crippen MR) is 86.7 cm³/mol. The Balaban J connectivity index is 1.72. The quantitative estimate of drug-likeness (QED) is 0.661. The highest BCUT2D eigenvalue weighted by atomic mass is 16.5. The fourth-order valence-electron chi connectivity index (χ4n) is 2.41. The van der Waals surface area contributed by atoms with E-state index >= 15 is 0 Å². The first kappa shape index (κ1) is 17.4. The molecule has 1 N–H and O–H groups in total. The monoisotopic (exact) mass is 323 g/mol. The number of piperazine rings is 1. The fraction of sp³-hybridized carbons (Fsp3) is 0.667. The minimum Gasteiger partial charge on any atom is -0.481 e. The molecule has 0 aliphatic carbocycles. The van der Waals surface area contributed by atoms with Gasteiger partial charge in [-0.3, -0.25) is 9.69 Å². The number of carbonyl (C=O) groups excluding carboxylic acids is 1. The Labute approximate surface area is 136 Å². The summed E-state index contributed by atoms with van der Waals surface area (Å²) in [4.78, 5) is 24.7. The highest BCUT2D eigenvalue weighted by Gasteiger charge is 2.20. The third-order valence-electron chi connectivity index (χ3n) is 3.70. The summed E-state index contributed by atoms with van der Waals surface area (Å²) in [5.41, 5.74) is 0. The molecule has 23 heavy (non-hydrogen) atoms. The topological polar surface area (TPSA) is 79.8 Å². The van der Waals surface area contributed by atoms with Crippen molar-refractivity contribution in [1.29, 1.82) is 0 Å². The molecule has 1 aromatic rings. The van der Waals surface area contributed by atoms with Gasteiger partial charge in [-0.1, -0.05) is 0 Å². The second kappa shape index (κ2) is 9.26. The Bertz CT molecular complexity index is 492. The Kier molecular flexibility index (Phi) is 7.02. The van der Waals surface area contributed by atoms with Crippen LogP contribution in [0, 0.1) is 0 Å². The van der Waals surface area contributed by atoms with Crippen molar-refractivity contribution in [2.75, 3.05) is 65.0 Å². The summed E-state index contributed by atoms with van der Waals surface area (Å²) in [6.07, 6.45) is 2.53. The van der Waals surface area contributed by atoms with Gasteiger partial charge in [0.25, 0.3) is 0 Å². The number of nitrogens with one attached hydrogen (secondary N) is 1. The highest BCUT2D eigenvalue weighted by molar-refractivity contribution is 5.78. The lowest BCUT2D eigenvalue weighted by Gasteiger charge is -2.34. The summed E-state index contributed by atoms with van der Waals surface area (Å²) in [7, 11) is 3.25. The number of rotatable bonds is 8. The van der Waals surface area contributed by atoms with E-state index in [1.54, 1.807) is 26.5 Å². The van der Waals surface area contributed by atoms with E-state index in [2.05, 4.69) is 25.1 Å². The second-order valence-corrected chi connectivity index (χ2v) is 5.36. The van der Waals surface area contributed by atoms with Crippen LogP contribution in [0.2, 0.25) is 0 Å². The molecule has 1 aliphatic rings. The zero-order valence-corrected chi connectivity index (χ0v) is 13.8. The Morgan fingerprint density at radius 3 is 2.78 bits per heavy atom. The van der Waals surface area contributed by atoms with Crippen LogP contribution in [-0.4, -0.2) is 80.9 Å². The average Bonchev–Trinajstić information content (AvgIpc) is 2.59. The van der Waals surface area contributed by atoms with Gasteiger partial charge in [-0.2, -0.15) is 4.98 Å². The molecule has 1 fully saturated rings. The molecule has 1 aliphatic heterocycles. The Morgan fingerprint density at radius 1 is 1.30 bits per heavy atom. The minimum atomic E-state index is 0.0622. The molecule has 0 bridgehead atoms. The van der Waals surface area contributed by atoms with Crippen molar-refractivity contribution >= 4 is 11.9 Å². The maximum absolute atomic E-state index is 11.9. The van der Waals surface area contributed by atoms with Gasteiger partial charge < -0.3 is 19.7 Å². The molecule has 1 saturated heterocycles. The van der Waals surface area contributed by atoms with Gasteiger partial charge in [-0.05, 0) is 6.42 Å². The molecular weight excluding hydrogens is 298 g/mol. The van der Waals surface area contributed by atoms with E-state index < -0.39 is 0 Å². The summed E-state index contributed by atoms with van der Waals surface area (Å²) in [6.45, 7) is 4.97. The third kappa shape index (κ3) is 5.65. The van der Waals surface area contributed by atoms with E-state index in [4.69, 9.17) is 9.47 Å². The molecule has 1 aromatic heterocycles. The van der Waals surface area contributed by atoms with Gasteiger partial charge >= 0.3 is 0 Å². The molecule has 8 heteroatoms. The molecule has 2 heterocycles. The minimum absolute atomic E-state index is 0.0622. The number of ether oxygens (including phenoxy) is 2. The number of aromatic nitrogens is 2. The van der Waals surface area contributed by atoms with Crippen LogP contribution in [0.15, 0.2) is 12.3 Å². The van der Waals surface area contributed by atoms with Crippen molar-refractivity contribution < 1.29 is 14.3 Å². The van der Waals surface area contributed by atoms with E-state index in [1.807, 2.05) is 0 Å². The van der Waals surface area contributed by atoms with Crippen LogP contribution in [0.1, 0.15) is 6.42 Å². The zero-order valence-electron chi connectivity index (χ0n) is 13.8. The van der Waals surface area contributed by atoms with Gasteiger partial charge in [0, 0.05) is 58.7 Å². The molecule has 0 radical (unpaired) electrons. The molecule has 128 valence electrons. The first-order chi connectivity index (χ1) is 11.2. The van der Waals surface area contributed by atoms with Gasteiger partial charge in [-0.25, -0.2) is 4.98 Å². The standard InChI is InChI=1S/C15H25N5O3/c1-22-11-3-5-16-13(21)12-19-7-9-20(10-8-19)15-17-6-4-14(18-15)23-2/h4,6H,3,5,7-12H2,1-2H3,(H,16,21). The number of anilines is 1. The van der Waals surface area contributed by atoms with E-state index in [1.165, 1.54) is 0 Å². The number of amides is 1. The van der Waals surface area contributed by atoms with Crippen LogP contribution < -0.4 is 15.0 Å². The highest BCUT2D eigenvalue weighted by Crippen LogP contribution is 2.14. The fourth-order valence-corrected chi connectivity index (χ4v) is 2.41. The van der Waals surface area contributed by atoms with E-state index in [0.29, 0.717) is 31.5 Å². The molecule has 0 unspecified atom stereocenters. The van der Waals surface area contributed by atoms with Crippen molar-refractivity contribution in [3.63, 3.8) is 0 Å². The molecule has 0 saturated carbocycles. The van der Waals surface area contributed by atoms with Crippen molar-refractivity contribution in [2.24, 2.45) is 0 Å². The van der Waals surface area contributed by atoms with Crippen LogP contribution in [0.4, 0.5) is 5.95 Å². The normalized spacial score (nSPS) is 15.5. The number of hydrogen-bond donors (Lipinski definition) is 1. The third-order valence-corrected chi connectivity index (χ3v) is 3.70. The molecule has 0 aromatic carbocycles. The van der Waals surface area contributed by atoms with Crippen molar-refractivity contribution in [3.05, 3.63) is 12.3 Å². The maximum atomic E-state index is 11.9. The first-order valence-electron chi connectivity index (χ1n) is 7.83. The zero-order chi connectivity index (χ0) is 16.5. The van der Waals surface area contributed by atoms with Crippen LogP contribution in [0.3, 0.4) is 0 Å². The summed E-state index contributed by atoms with van der Waals surface area (Å²) < 4.78 is 10.1. The van der Waals surface area contributed by atoms with E-state index in [0.717, 1.165) is 32.6 Å². The number of methoxy groups -OCH3 is 2. The summed E-state index contributed by atoms with van der Waals surface area (Å²) in [6, 6.07) is 1.73. The summed E-state index contributed by atoms with van der Waals surface area (Å²) >= 11 is 0. The second-order valence-electron chi connectivity index (χ2n) is 5.36. The Morgan fingerprint density at radius 2 is 2.09 bits per heavy atom. The molecule has 0 atom stereocenters. The van der Waals surface area contributed by atoms with Gasteiger partial charge in [0.2, 0.25) is 17.7 Å². The van der Waals surface area contributed by atoms with Gasteiger partial charge in [0.1, 0.15) is 0 Å². The lowest BCUT2D eigenvalue weighted by atomic mass is 10.3. The molecule has 8 nitrogen and oxygen atoms in total. The van der Waals surface area contributed by atoms with Crippen LogP contribution in [0.25, 0.3) is 0 Å². The van der Waals surface area contributed by atoms with Crippen LogP contribution in [0.5, 0.6) is 5.88 Å². The van der Waals surface area contributed by atoms with Gasteiger partial charge in [0.05, 0.1) is 13.7 Å². The predicted octanol–water partition coefficient (Wildman–Crippen LogP) is -0.240. The molecular formula is C15H25N5O3. The SMILES string of the molecule is COCCCNC(=O)CN1CCN(c2nccc(OC)n2)CC1. The van der Waals surface area contributed by atoms with Crippen LogP contribution in [-0.2, 0) is 9.53 Å². The van der Waals surface area contributed by atoms with Gasteiger partial charge in [0.15, 0.2) is 0 Å². The lowest BCUT2D eigenvalue weighted by molar-refractivity contribution is -0.122. The average molecular weight is 323 g/mol. The Hall–Kier alpha value is -1.93. The first-order valence-corrected chi connectivity index (χ1v) is 7.83. The largest absolute Gasteiger partial charge is 0.481 e. The lowest BCUT2D eigenvalue weighted by Crippen LogP contribution is -2.50. The maximum Gasteiger partial charge on any atom is 0.234 e. The van der Waals surface area contributed by atoms with Crippen molar-refractivity contribution in [2.45, 2.75) is 6.42 Å². The van der Waals surface area contributed by atoms with Crippen molar-refractivity contribution in [1.82, 2.24) is 20.2 Å². The number of carbonyl (C=O) groups is 1. The van der Waals surface area contributed by atoms with Crippen LogP contribution >= 0.6 is 0 Å². The van der Waals surface area contributed by atoms with Gasteiger partial charge in [-0.15, -0.1) is 0 Å². The van der Waals surface area contributed by atoms with Crippen molar-refractivity contribution in [3.8, 4) is 5.88 Å². The van der Waals surface area contributed by atoms with E-state index in [-0.39, 0.29) is 5.91 Å². The smallest absolute Gasteiger partial charge is 0.234 e. The number of hydrogen-bond acceptors (Lipinski definition) is 7. The number of nitrogens with zero attached hydrogens (tertiary/aromatic N) is 4. The molecule has 2 rings (SSSR count). The van der Waals surface area contributed by atoms with E-state index in [9.17, 15) is 4.79 Å². The summed E-state index contributed by atoms with van der Waals surface area (Å²) in [5, 5.41) is 2.91.